The normalized spacial score (nSPS) is 13.9. The number of aryl methyl sites for hydroxylation is 2. The van der Waals surface area contributed by atoms with Crippen molar-refractivity contribution >= 4 is 35.0 Å². The van der Waals surface area contributed by atoms with Gasteiger partial charge in [-0.2, -0.15) is 0 Å². The summed E-state index contributed by atoms with van der Waals surface area (Å²) >= 11 is 7.80. The molecular weight excluding hydrogens is 484 g/mol. The fraction of sp³-hybridized carbons (Fsp3) is 0.280. The third kappa shape index (κ3) is 5.06. The minimum absolute atomic E-state index is 0.123. The lowest BCUT2D eigenvalue weighted by Crippen LogP contribution is -2.49. The Morgan fingerprint density at radius 2 is 1.86 bits per heavy atom. The van der Waals surface area contributed by atoms with Crippen LogP contribution >= 0.6 is 23.4 Å². The quantitative estimate of drug-likeness (QED) is 0.347. The van der Waals surface area contributed by atoms with Gasteiger partial charge in [-0.1, -0.05) is 47.6 Å². The summed E-state index contributed by atoms with van der Waals surface area (Å²) in [5.41, 5.74) is 3.49. The molecule has 8 nitrogen and oxygen atoms in total. The lowest BCUT2D eigenvalue weighted by atomic mass is 10.2. The zero-order valence-electron chi connectivity index (χ0n) is 19.5. The number of amides is 1. The Morgan fingerprint density at radius 3 is 2.63 bits per heavy atom. The van der Waals surface area contributed by atoms with Gasteiger partial charge in [0.15, 0.2) is 10.9 Å². The molecule has 0 spiro atoms. The monoisotopic (exact) mass is 508 g/mol. The predicted molar refractivity (Wildman–Crippen MR) is 136 cm³/mol. The summed E-state index contributed by atoms with van der Waals surface area (Å²) in [6, 6.07) is 16.0. The van der Waals surface area contributed by atoms with Crippen molar-refractivity contribution < 1.29 is 9.21 Å². The van der Waals surface area contributed by atoms with E-state index in [4.69, 9.17) is 16.0 Å². The van der Waals surface area contributed by atoms with Crippen LogP contribution in [-0.2, 0) is 5.75 Å². The molecule has 5 rings (SSSR count). The Hall–Kier alpha value is -3.30. The molecule has 0 atom stereocenters. The summed E-state index contributed by atoms with van der Waals surface area (Å²) in [7, 11) is 0. The maximum atomic E-state index is 13.0. The zero-order chi connectivity index (χ0) is 24.4. The second-order valence-electron chi connectivity index (χ2n) is 8.35. The van der Waals surface area contributed by atoms with Crippen LogP contribution in [0.15, 0.2) is 64.4 Å². The third-order valence-corrected chi connectivity index (χ3v) is 7.14. The summed E-state index contributed by atoms with van der Waals surface area (Å²) in [4.78, 5) is 21.4. The molecule has 0 saturated carbocycles. The molecule has 0 unspecified atom stereocenters. The van der Waals surface area contributed by atoms with Gasteiger partial charge in [0.2, 0.25) is 5.89 Å². The lowest BCUT2D eigenvalue weighted by molar-refractivity contribution is 0.0741. The molecule has 1 aliphatic rings. The number of benzene rings is 2. The van der Waals surface area contributed by atoms with E-state index in [-0.39, 0.29) is 5.91 Å². The fourth-order valence-electron chi connectivity index (χ4n) is 4.12. The number of nitrogens with zero attached hydrogens (tertiary/aromatic N) is 6. The first-order valence-electron chi connectivity index (χ1n) is 11.3. The van der Waals surface area contributed by atoms with E-state index in [2.05, 4.69) is 39.1 Å². The molecule has 0 bridgehead atoms. The Kier molecular flexibility index (Phi) is 6.79. The Morgan fingerprint density at radius 1 is 1.06 bits per heavy atom. The highest BCUT2D eigenvalue weighted by molar-refractivity contribution is 7.98. The lowest BCUT2D eigenvalue weighted by Gasteiger charge is -2.36. The van der Waals surface area contributed by atoms with Crippen molar-refractivity contribution in [3.8, 4) is 5.69 Å². The van der Waals surface area contributed by atoms with Crippen molar-refractivity contribution in [3.63, 3.8) is 0 Å². The number of hydrogen-bond acceptors (Lipinski definition) is 7. The van der Waals surface area contributed by atoms with E-state index < -0.39 is 0 Å². The minimum Gasteiger partial charge on any atom is -0.447 e. The molecule has 0 aliphatic carbocycles. The number of oxazole rings is 1. The van der Waals surface area contributed by atoms with Gasteiger partial charge in [-0.3, -0.25) is 9.36 Å². The summed E-state index contributed by atoms with van der Waals surface area (Å²) in [5.74, 6) is 1.60. The minimum atomic E-state index is -0.123. The number of carbonyl (C=O) groups is 1. The number of para-hydroxylation sites is 1. The van der Waals surface area contributed by atoms with Crippen LogP contribution in [0.2, 0.25) is 5.02 Å². The van der Waals surface area contributed by atoms with E-state index in [1.807, 2.05) is 47.9 Å². The maximum Gasteiger partial charge on any atom is 0.275 e. The summed E-state index contributed by atoms with van der Waals surface area (Å²) in [5, 5.41) is 10.0. The number of piperazine rings is 1. The molecule has 2 aromatic heterocycles. The van der Waals surface area contributed by atoms with Gasteiger partial charge in [-0.05, 0) is 43.7 Å². The standard InChI is InChI=1S/C25H25ClN6O2S/c1-17-6-5-7-19(14-17)32-18(2)28-29-25(32)35-16-23-27-21(15-34-23)24(33)31-12-10-30(11-13-31)22-9-4-3-8-20(22)26/h3-9,14-15H,10-13,16H2,1-2H3. The van der Waals surface area contributed by atoms with Crippen LogP contribution in [0.25, 0.3) is 5.69 Å². The van der Waals surface area contributed by atoms with Crippen molar-refractivity contribution in [2.45, 2.75) is 24.8 Å². The fourth-order valence-corrected chi connectivity index (χ4v) is 5.23. The van der Waals surface area contributed by atoms with E-state index in [0.29, 0.717) is 43.5 Å². The van der Waals surface area contributed by atoms with Crippen LogP contribution in [0.4, 0.5) is 5.69 Å². The number of halogens is 1. The van der Waals surface area contributed by atoms with Gasteiger partial charge < -0.3 is 14.2 Å². The first-order valence-corrected chi connectivity index (χ1v) is 12.7. The molecule has 2 aromatic carbocycles. The molecule has 1 amide bonds. The van der Waals surface area contributed by atoms with E-state index in [9.17, 15) is 4.79 Å². The van der Waals surface area contributed by atoms with Crippen LogP contribution in [0.1, 0.15) is 27.8 Å². The average molecular weight is 509 g/mol. The maximum absolute atomic E-state index is 13.0. The van der Waals surface area contributed by atoms with E-state index in [1.54, 1.807) is 4.90 Å². The molecule has 35 heavy (non-hydrogen) atoms. The number of carbonyl (C=O) groups excluding carboxylic acids is 1. The van der Waals surface area contributed by atoms with Crippen molar-refractivity contribution in [2.24, 2.45) is 0 Å². The highest BCUT2D eigenvalue weighted by atomic mass is 35.5. The van der Waals surface area contributed by atoms with Gasteiger partial charge in [0.05, 0.1) is 16.5 Å². The summed E-state index contributed by atoms with van der Waals surface area (Å²) in [6.07, 6.45) is 1.44. The van der Waals surface area contributed by atoms with Crippen LogP contribution in [0.3, 0.4) is 0 Å². The van der Waals surface area contributed by atoms with Crippen LogP contribution in [0, 0.1) is 13.8 Å². The van der Waals surface area contributed by atoms with E-state index in [0.717, 1.165) is 32.9 Å². The van der Waals surface area contributed by atoms with E-state index >= 15 is 0 Å². The molecule has 0 radical (unpaired) electrons. The first-order chi connectivity index (χ1) is 17.0. The molecule has 0 N–H and O–H groups in total. The Labute approximate surface area is 212 Å². The Balaban J connectivity index is 1.21. The van der Waals surface area contributed by atoms with Gasteiger partial charge in [0.25, 0.3) is 5.91 Å². The molecule has 4 aromatic rings. The molecule has 10 heteroatoms. The topological polar surface area (TPSA) is 80.3 Å². The Bertz CT molecular complexity index is 1350. The van der Waals surface area contributed by atoms with Crippen LogP contribution in [0.5, 0.6) is 0 Å². The molecule has 1 aliphatic heterocycles. The average Bonchev–Trinajstić information content (AvgIpc) is 3.49. The van der Waals surface area contributed by atoms with Gasteiger partial charge >= 0.3 is 0 Å². The van der Waals surface area contributed by atoms with Gasteiger partial charge in [0.1, 0.15) is 12.1 Å². The van der Waals surface area contributed by atoms with Gasteiger partial charge in [-0.25, -0.2) is 4.98 Å². The molecule has 3 heterocycles. The van der Waals surface area contributed by atoms with E-state index in [1.165, 1.54) is 18.0 Å². The third-order valence-electron chi connectivity index (χ3n) is 5.91. The molecule has 180 valence electrons. The zero-order valence-corrected chi connectivity index (χ0v) is 21.1. The number of thioether (sulfide) groups is 1. The largest absolute Gasteiger partial charge is 0.447 e. The number of anilines is 1. The molecular formula is C25H25ClN6O2S. The van der Waals surface area contributed by atoms with Gasteiger partial charge in [-0.15, -0.1) is 10.2 Å². The van der Waals surface area contributed by atoms with Crippen molar-refractivity contribution in [2.75, 3.05) is 31.1 Å². The van der Waals surface area contributed by atoms with Crippen LogP contribution in [-0.4, -0.2) is 56.7 Å². The summed E-state index contributed by atoms with van der Waals surface area (Å²) < 4.78 is 7.62. The predicted octanol–water partition coefficient (Wildman–Crippen LogP) is 4.78. The van der Waals surface area contributed by atoms with Crippen molar-refractivity contribution in [1.29, 1.82) is 0 Å². The smallest absolute Gasteiger partial charge is 0.275 e. The van der Waals surface area contributed by atoms with Gasteiger partial charge in [0, 0.05) is 31.9 Å². The highest BCUT2D eigenvalue weighted by Gasteiger charge is 2.25. The second-order valence-corrected chi connectivity index (χ2v) is 9.70. The summed E-state index contributed by atoms with van der Waals surface area (Å²) in [6.45, 7) is 6.60. The second kappa shape index (κ2) is 10.1. The number of rotatable bonds is 6. The van der Waals surface area contributed by atoms with Crippen molar-refractivity contribution in [3.05, 3.63) is 82.8 Å². The highest BCUT2D eigenvalue weighted by Crippen LogP contribution is 2.27. The first kappa shape index (κ1) is 23.4. The SMILES string of the molecule is Cc1cccc(-n2c(C)nnc2SCc2nc(C(=O)N3CCN(c4ccccc4Cl)CC3)co2)c1. The molecule has 1 saturated heterocycles. The number of hydrogen-bond donors (Lipinski definition) is 0. The van der Waals surface area contributed by atoms with Crippen molar-refractivity contribution in [1.82, 2.24) is 24.6 Å². The van der Waals surface area contributed by atoms with Crippen LogP contribution < -0.4 is 4.90 Å². The number of aromatic nitrogens is 4. The molecule has 1 fully saturated rings.